The normalized spacial score (nSPS) is 9.00. The van der Waals surface area contributed by atoms with Crippen molar-refractivity contribution >= 4 is 36.5 Å². The highest BCUT2D eigenvalue weighted by molar-refractivity contribution is 5.95. The van der Waals surface area contributed by atoms with Crippen LogP contribution in [0.2, 0.25) is 0 Å². The van der Waals surface area contributed by atoms with E-state index in [0.29, 0.717) is 11.4 Å². The Hall–Kier alpha value is -2.26. The van der Waals surface area contributed by atoms with Crippen molar-refractivity contribution in [3.63, 3.8) is 0 Å². The molecule has 0 fully saturated rings. The summed E-state index contributed by atoms with van der Waals surface area (Å²) in [5.74, 6) is -0.458. The Morgan fingerprint density at radius 2 is 1.14 bits per heavy atom. The van der Waals surface area contributed by atoms with Crippen molar-refractivity contribution in [2.45, 2.75) is 0 Å². The molecule has 22 heavy (non-hydrogen) atoms. The van der Waals surface area contributed by atoms with Crippen LogP contribution in [0.15, 0.2) is 36.4 Å². The minimum Gasteiger partial charge on any atom is -0.290 e. The fraction of sp³-hybridized carbons (Fsp3) is 0. The Labute approximate surface area is 138 Å². The molecule has 118 valence electrons. The summed E-state index contributed by atoms with van der Waals surface area (Å²) < 4.78 is 0. The smallest absolute Gasteiger partial charge is 0.168 e. The maximum atomic E-state index is 8.70. The van der Waals surface area contributed by atoms with E-state index in [9.17, 15) is 0 Å². The fourth-order valence-electron chi connectivity index (χ4n) is 1.55. The average Bonchev–Trinajstić information content (AvgIpc) is 2.53. The molecule has 0 aromatic carbocycles. The summed E-state index contributed by atoms with van der Waals surface area (Å²) in [5.41, 5.74) is 4.92. The molecule has 0 saturated carbocycles. The second-order valence-electron chi connectivity index (χ2n) is 3.79. The molecule has 2 aromatic heterocycles. The van der Waals surface area contributed by atoms with Crippen LogP contribution in [0.4, 0.5) is 0 Å². The van der Waals surface area contributed by atoms with Gasteiger partial charge in [-0.15, -0.1) is 24.8 Å². The summed E-state index contributed by atoms with van der Waals surface area (Å²) >= 11 is 0. The first-order chi connectivity index (χ1) is 9.65. The first-order valence-corrected chi connectivity index (χ1v) is 5.58. The zero-order valence-electron chi connectivity index (χ0n) is 11.1. The van der Waals surface area contributed by atoms with Gasteiger partial charge in [0.1, 0.15) is 11.4 Å². The summed E-state index contributed by atoms with van der Waals surface area (Å²) in [6.07, 6.45) is 0. The van der Waals surface area contributed by atoms with Gasteiger partial charge in [0, 0.05) is 0 Å². The van der Waals surface area contributed by atoms with Gasteiger partial charge in [0.15, 0.2) is 11.7 Å². The van der Waals surface area contributed by atoms with Crippen molar-refractivity contribution in [1.29, 1.82) is 10.8 Å². The van der Waals surface area contributed by atoms with E-state index in [1.165, 1.54) is 0 Å². The van der Waals surface area contributed by atoms with Crippen LogP contribution in [-0.4, -0.2) is 32.1 Å². The Balaban J connectivity index is 0.00000220. The first-order valence-electron chi connectivity index (χ1n) is 5.58. The average molecular weight is 345 g/mol. The highest BCUT2D eigenvalue weighted by atomic mass is 35.5. The van der Waals surface area contributed by atoms with Crippen LogP contribution in [0.3, 0.4) is 0 Å². The molecule has 0 atom stereocenters. The Bertz CT molecular complexity index is 610. The third-order valence-corrected chi connectivity index (χ3v) is 2.50. The van der Waals surface area contributed by atoms with Gasteiger partial charge >= 0.3 is 0 Å². The van der Waals surface area contributed by atoms with Gasteiger partial charge in [-0.05, 0) is 24.3 Å². The van der Waals surface area contributed by atoms with Gasteiger partial charge in [-0.1, -0.05) is 12.1 Å². The topological polar surface area (TPSA) is 138 Å². The van der Waals surface area contributed by atoms with E-state index in [4.69, 9.17) is 21.2 Å². The van der Waals surface area contributed by atoms with Gasteiger partial charge in [-0.3, -0.25) is 32.2 Å². The van der Waals surface area contributed by atoms with Crippen LogP contribution in [0, 0.1) is 10.8 Å². The van der Waals surface area contributed by atoms with E-state index in [-0.39, 0.29) is 47.9 Å². The molecule has 6 N–H and O–H groups in total. The molecule has 0 bridgehead atoms. The Kier molecular flexibility index (Phi) is 7.99. The van der Waals surface area contributed by atoms with Crippen molar-refractivity contribution in [3.8, 4) is 11.4 Å². The quantitative estimate of drug-likeness (QED) is 0.284. The molecule has 0 radical (unpaired) electrons. The third-order valence-electron chi connectivity index (χ3n) is 2.50. The SMILES string of the molecule is Cl.Cl.N=C(NO)c1cccc(-c2cccc(C(=N)NO)n2)n1. The second kappa shape index (κ2) is 8.90. The standard InChI is InChI=1S/C12H12N6O2.2ClH/c13-11(17-19)9-5-1-3-7(15-9)8-4-2-6-10(16-8)12(14)18-20;;/h1-6,19-20H,(H2,13,17)(H2,14,18);2*1H. The molecule has 0 aliphatic carbocycles. The summed E-state index contributed by atoms with van der Waals surface area (Å²) in [4.78, 5) is 8.35. The lowest BCUT2D eigenvalue weighted by molar-refractivity contribution is 0.233. The van der Waals surface area contributed by atoms with Gasteiger partial charge in [0.05, 0.1) is 11.4 Å². The van der Waals surface area contributed by atoms with Crippen molar-refractivity contribution in [2.75, 3.05) is 0 Å². The van der Waals surface area contributed by atoms with E-state index in [1.54, 1.807) is 47.4 Å². The van der Waals surface area contributed by atoms with E-state index in [0.717, 1.165) is 0 Å². The van der Waals surface area contributed by atoms with Gasteiger partial charge in [0.2, 0.25) is 0 Å². The van der Waals surface area contributed by atoms with Crippen LogP contribution in [0.25, 0.3) is 11.4 Å². The number of pyridine rings is 2. The Morgan fingerprint density at radius 3 is 1.45 bits per heavy atom. The van der Waals surface area contributed by atoms with Crippen LogP contribution < -0.4 is 11.0 Å². The van der Waals surface area contributed by atoms with E-state index < -0.39 is 0 Å². The molecule has 0 unspecified atom stereocenters. The molecule has 0 saturated heterocycles. The zero-order valence-corrected chi connectivity index (χ0v) is 12.7. The third kappa shape index (κ3) is 4.37. The van der Waals surface area contributed by atoms with Crippen LogP contribution >= 0.6 is 24.8 Å². The van der Waals surface area contributed by atoms with E-state index >= 15 is 0 Å². The van der Waals surface area contributed by atoms with Crippen molar-refractivity contribution in [2.24, 2.45) is 0 Å². The molecule has 0 amide bonds. The molecule has 2 heterocycles. The largest absolute Gasteiger partial charge is 0.290 e. The number of hydrogen-bond acceptors (Lipinski definition) is 6. The predicted octanol–water partition coefficient (Wildman–Crippen LogP) is 1.60. The molecular formula is C12H14Cl2N6O2. The van der Waals surface area contributed by atoms with Crippen LogP contribution in [-0.2, 0) is 0 Å². The lowest BCUT2D eigenvalue weighted by atomic mass is 10.2. The monoisotopic (exact) mass is 344 g/mol. The summed E-state index contributed by atoms with van der Waals surface area (Å²) in [6, 6.07) is 9.86. The highest BCUT2D eigenvalue weighted by Gasteiger charge is 2.08. The van der Waals surface area contributed by atoms with Crippen molar-refractivity contribution in [1.82, 2.24) is 20.9 Å². The van der Waals surface area contributed by atoms with Crippen molar-refractivity contribution in [3.05, 3.63) is 47.8 Å². The molecule has 10 heteroatoms. The predicted molar refractivity (Wildman–Crippen MR) is 85.5 cm³/mol. The Morgan fingerprint density at radius 1 is 0.773 bits per heavy atom. The zero-order chi connectivity index (χ0) is 14.5. The molecular weight excluding hydrogens is 331 g/mol. The summed E-state index contributed by atoms with van der Waals surface area (Å²) in [7, 11) is 0. The maximum absolute atomic E-state index is 8.70. The maximum Gasteiger partial charge on any atom is 0.168 e. The minimum absolute atomic E-state index is 0. The van der Waals surface area contributed by atoms with E-state index in [1.807, 2.05) is 0 Å². The fourth-order valence-corrected chi connectivity index (χ4v) is 1.55. The molecule has 2 aromatic rings. The highest BCUT2D eigenvalue weighted by Crippen LogP contribution is 2.15. The van der Waals surface area contributed by atoms with Crippen LogP contribution in [0.1, 0.15) is 11.4 Å². The number of nitrogens with zero attached hydrogens (tertiary/aromatic N) is 2. The number of hydroxylamine groups is 2. The van der Waals surface area contributed by atoms with Gasteiger partial charge in [0.25, 0.3) is 0 Å². The van der Waals surface area contributed by atoms with Gasteiger partial charge in [-0.2, -0.15) is 0 Å². The molecule has 0 aliphatic heterocycles. The first kappa shape index (κ1) is 19.7. The second-order valence-corrected chi connectivity index (χ2v) is 3.79. The molecule has 2 rings (SSSR count). The number of halogens is 2. The number of rotatable bonds is 3. The number of aromatic nitrogens is 2. The van der Waals surface area contributed by atoms with Crippen LogP contribution in [0.5, 0.6) is 0 Å². The molecule has 0 spiro atoms. The minimum atomic E-state index is -0.229. The summed E-state index contributed by atoms with van der Waals surface area (Å²) in [6.45, 7) is 0. The molecule has 8 nitrogen and oxygen atoms in total. The van der Waals surface area contributed by atoms with Gasteiger partial charge in [-0.25, -0.2) is 9.97 Å². The van der Waals surface area contributed by atoms with E-state index in [2.05, 4.69) is 9.97 Å². The lowest BCUT2D eigenvalue weighted by Gasteiger charge is -2.06. The van der Waals surface area contributed by atoms with Crippen molar-refractivity contribution < 1.29 is 10.4 Å². The number of amidine groups is 2. The number of nitrogens with one attached hydrogen (secondary N) is 4. The molecule has 0 aliphatic rings. The lowest BCUT2D eigenvalue weighted by Crippen LogP contribution is -2.21. The number of hydrogen-bond donors (Lipinski definition) is 6. The van der Waals surface area contributed by atoms with Gasteiger partial charge < -0.3 is 0 Å². The summed E-state index contributed by atoms with van der Waals surface area (Å²) in [5, 5.41) is 32.3.